The van der Waals surface area contributed by atoms with Crippen LogP contribution in [0.2, 0.25) is 0 Å². The summed E-state index contributed by atoms with van der Waals surface area (Å²) in [5.41, 5.74) is 4.14. The molecule has 4 rings (SSSR count). The van der Waals surface area contributed by atoms with Crippen LogP contribution in [0.15, 0.2) is 60.7 Å². The van der Waals surface area contributed by atoms with Crippen molar-refractivity contribution < 1.29 is 4.74 Å². The molecule has 3 heteroatoms. The van der Waals surface area contributed by atoms with E-state index in [1.165, 1.54) is 0 Å². The van der Waals surface area contributed by atoms with E-state index in [9.17, 15) is 0 Å². The molecule has 4 aromatic rings. The van der Waals surface area contributed by atoms with E-state index in [1.54, 1.807) is 0 Å². The third kappa shape index (κ3) is 2.50. The Kier molecular flexibility index (Phi) is 3.19. The normalized spacial score (nSPS) is 11.0. The van der Waals surface area contributed by atoms with Crippen LogP contribution >= 0.6 is 0 Å². The van der Waals surface area contributed by atoms with Gasteiger partial charge >= 0.3 is 0 Å². The first kappa shape index (κ1) is 13.7. The SMILES string of the molecule is Cc1cc(Oc2cc(C)c3ccccc3n2)nc2ccccc12. The van der Waals surface area contributed by atoms with Crippen LogP contribution in [0.25, 0.3) is 21.8 Å². The number of benzene rings is 2. The predicted molar refractivity (Wildman–Crippen MR) is 93.0 cm³/mol. The molecule has 0 spiro atoms. The summed E-state index contributed by atoms with van der Waals surface area (Å²) in [5, 5.41) is 2.28. The molecule has 0 fully saturated rings. The van der Waals surface area contributed by atoms with Gasteiger partial charge in [-0.2, -0.15) is 0 Å². The van der Waals surface area contributed by atoms with Crippen molar-refractivity contribution in [3.63, 3.8) is 0 Å². The van der Waals surface area contributed by atoms with Gasteiger partial charge in [0, 0.05) is 22.9 Å². The lowest BCUT2D eigenvalue weighted by Gasteiger charge is -2.09. The fourth-order valence-corrected chi connectivity index (χ4v) is 2.85. The van der Waals surface area contributed by atoms with Crippen molar-refractivity contribution in [2.45, 2.75) is 13.8 Å². The summed E-state index contributed by atoms with van der Waals surface area (Å²) in [5.74, 6) is 1.15. The molecule has 0 bridgehead atoms. The number of nitrogens with zero attached hydrogens (tertiary/aromatic N) is 2. The van der Waals surface area contributed by atoms with Crippen LogP contribution < -0.4 is 4.74 Å². The van der Waals surface area contributed by atoms with Gasteiger partial charge in [0.2, 0.25) is 11.8 Å². The highest BCUT2D eigenvalue weighted by Gasteiger charge is 2.07. The number of hydrogen-bond donors (Lipinski definition) is 0. The molecule has 0 N–H and O–H groups in total. The summed E-state index contributed by atoms with van der Waals surface area (Å²) in [4.78, 5) is 9.16. The highest BCUT2D eigenvalue weighted by Crippen LogP contribution is 2.27. The van der Waals surface area contributed by atoms with Crippen LogP contribution in [0.5, 0.6) is 11.8 Å². The summed E-state index contributed by atoms with van der Waals surface area (Å²) < 4.78 is 5.93. The van der Waals surface area contributed by atoms with Gasteiger partial charge in [-0.05, 0) is 37.1 Å². The Hall–Kier alpha value is -2.94. The first-order valence-corrected chi connectivity index (χ1v) is 7.61. The summed E-state index contributed by atoms with van der Waals surface area (Å²) in [6, 6.07) is 20.0. The predicted octanol–water partition coefficient (Wildman–Crippen LogP) is 5.19. The number of para-hydroxylation sites is 2. The van der Waals surface area contributed by atoms with Crippen LogP contribution in [-0.2, 0) is 0 Å². The second kappa shape index (κ2) is 5.36. The van der Waals surface area contributed by atoms with Gasteiger partial charge in [-0.25, -0.2) is 9.97 Å². The van der Waals surface area contributed by atoms with Crippen molar-refractivity contribution in [3.05, 3.63) is 71.8 Å². The zero-order chi connectivity index (χ0) is 15.8. The molecule has 0 amide bonds. The number of aryl methyl sites for hydroxylation is 2. The third-order valence-corrected chi connectivity index (χ3v) is 4.01. The van der Waals surface area contributed by atoms with Crippen molar-refractivity contribution in [1.82, 2.24) is 9.97 Å². The van der Waals surface area contributed by atoms with Crippen LogP contribution in [0.4, 0.5) is 0 Å². The van der Waals surface area contributed by atoms with Crippen LogP contribution in [-0.4, -0.2) is 9.97 Å². The first-order chi connectivity index (χ1) is 11.2. The Balaban J connectivity index is 1.78. The molecule has 3 nitrogen and oxygen atoms in total. The zero-order valence-electron chi connectivity index (χ0n) is 13.1. The van der Waals surface area contributed by atoms with E-state index in [4.69, 9.17) is 4.74 Å². The first-order valence-electron chi connectivity index (χ1n) is 7.61. The van der Waals surface area contributed by atoms with Gasteiger partial charge in [0.05, 0.1) is 11.0 Å². The zero-order valence-corrected chi connectivity index (χ0v) is 13.1. The fraction of sp³-hybridized carbons (Fsp3) is 0.100. The summed E-state index contributed by atoms with van der Waals surface area (Å²) in [7, 11) is 0. The number of hydrogen-bond acceptors (Lipinski definition) is 3. The lowest BCUT2D eigenvalue weighted by Crippen LogP contribution is -1.94. The van der Waals surface area contributed by atoms with Crippen LogP contribution in [0, 0.1) is 13.8 Å². The summed E-state index contributed by atoms with van der Waals surface area (Å²) in [6.07, 6.45) is 0. The molecular formula is C20H16N2O. The molecule has 0 atom stereocenters. The Morgan fingerprint density at radius 2 is 1.09 bits per heavy atom. The van der Waals surface area contributed by atoms with Gasteiger partial charge in [0.1, 0.15) is 0 Å². The minimum Gasteiger partial charge on any atom is -0.421 e. The monoisotopic (exact) mass is 300 g/mol. The number of pyridine rings is 2. The Bertz CT molecular complexity index is 941. The standard InChI is InChI=1S/C20H16N2O/c1-13-11-19(21-17-9-5-3-7-15(13)17)23-20-12-14(2)16-8-4-6-10-18(16)22-20/h3-12H,1-2H3. The van der Waals surface area contributed by atoms with E-state index < -0.39 is 0 Å². The molecule has 0 saturated carbocycles. The quantitative estimate of drug-likeness (QED) is 0.511. The molecule has 112 valence electrons. The number of ether oxygens (including phenoxy) is 1. The Labute approximate surface area is 134 Å². The minimum absolute atomic E-state index is 0.573. The van der Waals surface area contributed by atoms with Crippen molar-refractivity contribution in [2.24, 2.45) is 0 Å². The second-order valence-corrected chi connectivity index (χ2v) is 5.69. The van der Waals surface area contributed by atoms with Crippen LogP contribution in [0.3, 0.4) is 0 Å². The Morgan fingerprint density at radius 1 is 0.652 bits per heavy atom. The molecule has 23 heavy (non-hydrogen) atoms. The van der Waals surface area contributed by atoms with Crippen molar-refractivity contribution in [3.8, 4) is 11.8 Å². The van der Waals surface area contributed by atoms with E-state index in [0.717, 1.165) is 32.9 Å². The van der Waals surface area contributed by atoms with E-state index >= 15 is 0 Å². The van der Waals surface area contributed by atoms with Gasteiger partial charge < -0.3 is 4.74 Å². The van der Waals surface area contributed by atoms with Gasteiger partial charge in [-0.1, -0.05) is 36.4 Å². The van der Waals surface area contributed by atoms with Crippen LogP contribution in [0.1, 0.15) is 11.1 Å². The highest BCUT2D eigenvalue weighted by atomic mass is 16.5. The van der Waals surface area contributed by atoms with E-state index in [-0.39, 0.29) is 0 Å². The van der Waals surface area contributed by atoms with Gasteiger partial charge in [-0.3, -0.25) is 0 Å². The molecular weight excluding hydrogens is 284 g/mol. The Morgan fingerprint density at radius 3 is 1.57 bits per heavy atom. The summed E-state index contributed by atoms with van der Waals surface area (Å²) >= 11 is 0. The van der Waals surface area contributed by atoms with Gasteiger partial charge in [-0.15, -0.1) is 0 Å². The molecule has 0 unspecified atom stereocenters. The van der Waals surface area contributed by atoms with Crippen molar-refractivity contribution >= 4 is 21.8 Å². The number of aromatic nitrogens is 2. The maximum atomic E-state index is 5.93. The molecule has 2 aromatic heterocycles. The van der Waals surface area contributed by atoms with Gasteiger partial charge in [0.15, 0.2) is 0 Å². The van der Waals surface area contributed by atoms with E-state index in [1.807, 2.05) is 48.5 Å². The maximum absolute atomic E-state index is 5.93. The average molecular weight is 300 g/mol. The molecule has 0 aliphatic heterocycles. The molecule has 2 heterocycles. The topological polar surface area (TPSA) is 35.0 Å². The molecule has 2 aromatic carbocycles. The van der Waals surface area contributed by atoms with Gasteiger partial charge in [0.25, 0.3) is 0 Å². The lowest BCUT2D eigenvalue weighted by atomic mass is 10.1. The van der Waals surface area contributed by atoms with E-state index in [0.29, 0.717) is 11.8 Å². The van der Waals surface area contributed by atoms with E-state index in [2.05, 4.69) is 35.9 Å². The molecule has 0 radical (unpaired) electrons. The lowest BCUT2D eigenvalue weighted by molar-refractivity contribution is 0.448. The molecule has 0 aliphatic rings. The number of rotatable bonds is 2. The fourth-order valence-electron chi connectivity index (χ4n) is 2.85. The highest BCUT2D eigenvalue weighted by molar-refractivity contribution is 5.83. The minimum atomic E-state index is 0.573. The maximum Gasteiger partial charge on any atom is 0.222 e. The number of fused-ring (bicyclic) bond motifs is 2. The van der Waals surface area contributed by atoms with Crippen molar-refractivity contribution in [2.75, 3.05) is 0 Å². The molecule has 0 aliphatic carbocycles. The smallest absolute Gasteiger partial charge is 0.222 e. The second-order valence-electron chi connectivity index (χ2n) is 5.69. The van der Waals surface area contributed by atoms with Crippen molar-refractivity contribution in [1.29, 1.82) is 0 Å². The average Bonchev–Trinajstić information content (AvgIpc) is 2.55. The third-order valence-electron chi connectivity index (χ3n) is 4.01. The largest absolute Gasteiger partial charge is 0.421 e. The molecule has 0 saturated heterocycles. The summed E-state index contributed by atoms with van der Waals surface area (Å²) in [6.45, 7) is 4.13.